The van der Waals surface area contributed by atoms with Crippen LogP contribution in [-0.4, -0.2) is 30.7 Å². The Morgan fingerprint density at radius 1 is 0.818 bits per heavy atom. The number of halogens is 6. The topological polar surface area (TPSA) is 12.5 Å². The van der Waals surface area contributed by atoms with Gasteiger partial charge in [-0.1, -0.05) is 30.3 Å². The summed E-state index contributed by atoms with van der Waals surface area (Å²) in [5, 5.41) is 0. The molecule has 8 heteroatoms. The highest BCUT2D eigenvalue weighted by atomic mass is 19.4. The molecule has 0 fully saturated rings. The molecule has 0 spiro atoms. The Balaban J connectivity index is 2.16. The molecule has 0 unspecified atom stereocenters. The fourth-order valence-electron chi connectivity index (χ4n) is 1.81. The summed E-state index contributed by atoms with van der Waals surface area (Å²) < 4.78 is 78.6. The molecular formula is C14H17F6NO. The van der Waals surface area contributed by atoms with E-state index in [0.717, 1.165) is 5.56 Å². The summed E-state index contributed by atoms with van der Waals surface area (Å²) in [7, 11) is 0. The number of alkyl halides is 6. The van der Waals surface area contributed by atoms with Crippen LogP contribution in [0.15, 0.2) is 30.3 Å². The van der Waals surface area contributed by atoms with Gasteiger partial charge in [0.25, 0.3) is 0 Å². The van der Waals surface area contributed by atoms with Gasteiger partial charge in [-0.15, -0.1) is 4.90 Å². The summed E-state index contributed by atoms with van der Waals surface area (Å²) >= 11 is 0. The highest BCUT2D eigenvalue weighted by Gasteiger charge is 2.53. The summed E-state index contributed by atoms with van der Waals surface area (Å²) in [5.41, 5.74) is 0.961. The number of nitrogens with zero attached hydrogens (tertiary/aromatic N) is 1. The first kappa shape index (κ1) is 18.8. The first-order valence-electron chi connectivity index (χ1n) is 6.74. The molecule has 126 valence electrons. The van der Waals surface area contributed by atoms with Gasteiger partial charge in [-0.05, 0) is 24.8 Å². The lowest BCUT2D eigenvalue weighted by Gasteiger charge is -2.26. The van der Waals surface area contributed by atoms with Gasteiger partial charge < -0.3 is 4.74 Å². The third-order valence-corrected chi connectivity index (χ3v) is 2.89. The van der Waals surface area contributed by atoms with E-state index in [0.29, 0.717) is 19.6 Å². The molecular weight excluding hydrogens is 312 g/mol. The maximum absolute atomic E-state index is 12.2. The van der Waals surface area contributed by atoms with Crippen LogP contribution in [0.4, 0.5) is 26.3 Å². The molecule has 2 nitrogen and oxygen atoms in total. The molecule has 0 saturated heterocycles. The van der Waals surface area contributed by atoms with Gasteiger partial charge in [0, 0.05) is 13.2 Å². The summed E-state index contributed by atoms with van der Waals surface area (Å²) in [4.78, 5) is -1.40. The number of hydrogen-bond acceptors (Lipinski definition) is 2. The quantitative estimate of drug-likeness (QED) is 0.389. The number of hydrogen-bond donors (Lipinski definition) is 0. The Bertz CT molecular complexity index is 404. The Labute approximate surface area is 124 Å². The zero-order chi connectivity index (χ0) is 16.6. The SMILES string of the molecule is FC(F)(F)N(CCCCCOCc1ccccc1)C(F)(F)F. The summed E-state index contributed by atoms with van der Waals surface area (Å²) in [5.74, 6) is 0. The van der Waals surface area contributed by atoms with Crippen LogP contribution in [0, 0.1) is 0 Å². The van der Waals surface area contributed by atoms with Crippen LogP contribution in [0.5, 0.6) is 0 Å². The molecule has 22 heavy (non-hydrogen) atoms. The molecule has 0 amide bonds. The average molecular weight is 329 g/mol. The van der Waals surface area contributed by atoms with Crippen LogP contribution in [-0.2, 0) is 11.3 Å². The first-order valence-corrected chi connectivity index (χ1v) is 6.74. The van der Waals surface area contributed by atoms with E-state index in [1.807, 2.05) is 30.3 Å². The predicted molar refractivity (Wildman–Crippen MR) is 68.8 cm³/mol. The van der Waals surface area contributed by atoms with Crippen LogP contribution >= 0.6 is 0 Å². The lowest BCUT2D eigenvalue weighted by Crippen LogP contribution is -2.48. The molecule has 0 heterocycles. The third kappa shape index (κ3) is 7.13. The maximum atomic E-state index is 12.2. The van der Waals surface area contributed by atoms with E-state index in [4.69, 9.17) is 4.74 Å². The standard InChI is InChI=1S/C14H17F6NO/c15-13(16,17)21(14(18,19)20)9-5-2-6-10-22-11-12-7-3-1-4-8-12/h1,3-4,7-8H,2,5-6,9-11H2. The highest BCUT2D eigenvalue weighted by molar-refractivity contribution is 5.13. The van der Waals surface area contributed by atoms with Crippen molar-refractivity contribution in [3.05, 3.63) is 35.9 Å². The minimum atomic E-state index is -5.40. The van der Waals surface area contributed by atoms with Crippen LogP contribution in [0.25, 0.3) is 0 Å². The van der Waals surface area contributed by atoms with Gasteiger partial charge in [0.15, 0.2) is 0 Å². The van der Waals surface area contributed by atoms with Gasteiger partial charge in [0.1, 0.15) is 0 Å². The predicted octanol–water partition coefficient (Wildman–Crippen LogP) is 4.72. The lowest BCUT2D eigenvalue weighted by molar-refractivity contribution is -0.372. The van der Waals surface area contributed by atoms with E-state index in [1.54, 1.807) is 0 Å². The molecule has 1 aromatic rings. The third-order valence-electron chi connectivity index (χ3n) is 2.89. The zero-order valence-corrected chi connectivity index (χ0v) is 11.8. The zero-order valence-electron chi connectivity index (χ0n) is 11.8. The normalized spacial score (nSPS) is 12.9. The van der Waals surface area contributed by atoms with E-state index in [-0.39, 0.29) is 12.8 Å². The molecule has 0 aliphatic rings. The molecule has 0 aliphatic carbocycles. The molecule has 0 saturated carbocycles. The van der Waals surface area contributed by atoms with Gasteiger partial charge in [-0.25, -0.2) is 0 Å². The van der Waals surface area contributed by atoms with Crippen molar-refractivity contribution in [1.29, 1.82) is 0 Å². The molecule has 0 radical (unpaired) electrons. The number of unbranched alkanes of at least 4 members (excludes halogenated alkanes) is 2. The second-order valence-corrected chi connectivity index (χ2v) is 4.69. The van der Waals surface area contributed by atoms with E-state index in [1.165, 1.54) is 0 Å². The molecule has 0 aromatic heterocycles. The average Bonchev–Trinajstić information content (AvgIpc) is 2.40. The Kier molecular flexibility index (Phi) is 7.15. The van der Waals surface area contributed by atoms with Crippen LogP contribution < -0.4 is 0 Å². The molecule has 1 aromatic carbocycles. The molecule has 1 rings (SSSR count). The maximum Gasteiger partial charge on any atom is 0.467 e. The van der Waals surface area contributed by atoms with Gasteiger partial charge in [-0.2, -0.15) is 26.3 Å². The van der Waals surface area contributed by atoms with Gasteiger partial charge >= 0.3 is 12.6 Å². The van der Waals surface area contributed by atoms with E-state index >= 15 is 0 Å². The van der Waals surface area contributed by atoms with Crippen molar-refractivity contribution in [3.8, 4) is 0 Å². The number of rotatable bonds is 8. The van der Waals surface area contributed by atoms with Gasteiger partial charge in [-0.3, -0.25) is 0 Å². The van der Waals surface area contributed by atoms with Crippen molar-refractivity contribution in [1.82, 2.24) is 4.90 Å². The first-order chi connectivity index (χ1) is 10.2. The summed E-state index contributed by atoms with van der Waals surface area (Å²) in [6.07, 6.45) is -10.4. The Morgan fingerprint density at radius 3 is 1.95 bits per heavy atom. The second-order valence-electron chi connectivity index (χ2n) is 4.69. The van der Waals surface area contributed by atoms with E-state index < -0.39 is 24.0 Å². The van der Waals surface area contributed by atoms with Gasteiger partial charge in [0.2, 0.25) is 0 Å². The van der Waals surface area contributed by atoms with Crippen molar-refractivity contribution >= 4 is 0 Å². The van der Waals surface area contributed by atoms with E-state index in [9.17, 15) is 26.3 Å². The largest absolute Gasteiger partial charge is 0.467 e. The minimum absolute atomic E-state index is 0.201. The van der Waals surface area contributed by atoms with Crippen molar-refractivity contribution in [3.63, 3.8) is 0 Å². The van der Waals surface area contributed by atoms with Crippen molar-refractivity contribution < 1.29 is 31.1 Å². The fourth-order valence-corrected chi connectivity index (χ4v) is 1.81. The van der Waals surface area contributed by atoms with Gasteiger partial charge in [0.05, 0.1) is 6.61 Å². The Morgan fingerprint density at radius 2 is 1.41 bits per heavy atom. The van der Waals surface area contributed by atoms with E-state index in [2.05, 4.69) is 0 Å². The monoisotopic (exact) mass is 329 g/mol. The van der Waals surface area contributed by atoms with Crippen molar-refractivity contribution in [2.24, 2.45) is 0 Å². The van der Waals surface area contributed by atoms with Crippen LogP contribution in [0.2, 0.25) is 0 Å². The van der Waals surface area contributed by atoms with Crippen molar-refractivity contribution in [2.75, 3.05) is 13.2 Å². The number of ether oxygens (including phenoxy) is 1. The summed E-state index contributed by atoms with van der Waals surface area (Å²) in [6, 6.07) is 9.29. The molecule has 0 atom stereocenters. The fraction of sp³-hybridized carbons (Fsp3) is 0.571. The molecule has 0 aliphatic heterocycles. The van der Waals surface area contributed by atoms with Crippen molar-refractivity contribution in [2.45, 2.75) is 38.5 Å². The highest BCUT2D eigenvalue weighted by Crippen LogP contribution is 2.33. The second kappa shape index (κ2) is 8.38. The molecule has 0 N–H and O–H groups in total. The number of benzene rings is 1. The lowest BCUT2D eigenvalue weighted by atomic mass is 10.2. The summed E-state index contributed by atoms with van der Waals surface area (Å²) in [6.45, 7) is -0.420. The Hall–Kier alpha value is -1.28. The minimum Gasteiger partial charge on any atom is -0.377 e. The van der Waals surface area contributed by atoms with Crippen LogP contribution in [0.1, 0.15) is 24.8 Å². The van der Waals surface area contributed by atoms with Crippen LogP contribution in [0.3, 0.4) is 0 Å². The molecule has 0 bridgehead atoms. The smallest absolute Gasteiger partial charge is 0.377 e.